The van der Waals surface area contributed by atoms with Crippen LogP contribution >= 0.6 is 0 Å². The van der Waals surface area contributed by atoms with Crippen LogP contribution in [-0.4, -0.2) is 45.2 Å². The van der Waals surface area contributed by atoms with Crippen LogP contribution in [0.4, 0.5) is 0 Å². The van der Waals surface area contributed by atoms with E-state index in [1.165, 1.54) is 33.5 Å². The first kappa shape index (κ1) is 16.3. The highest BCUT2D eigenvalue weighted by molar-refractivity contribution is 7.86. The Labute approximate surface area is 114 Å². The maximum atomic E-state index is 11.9. The van der Waals surface area contributed by atoms with E-state index in [-0.39, 0.29) is 17.5 Å². The van der Waals surface area contributed by atoms with E-state index in [2.05, 4.69) is 0 Å². The van der Waals surface area contributed by atoms with E-state index in [0.717, 1.165) is 0 Å². The smallest absolute Gasteiger partial charge is 0.377 e. The molecule has 0 spiro atoms. The lowest BCUT2D eigenvalue weighted by atomic mass is 10.4. The van der Waals surface area contributed by atoms with Crippen molar-refractivity contribution in [2.24, 2.45) is 0 Å². The Morgan fingerprint density at radius 3 is 2.00 bits per heavy atom. The van der Waals surface area contributed by atoms with Crippen LogP contribution in [0.25, 0.3) is 0 Å². The van der Waals surface area contributed by atoms with Crippen molar-refractivity contribution in [1.82, 2.24) is 0 Å². The van der Waals surface area contributed by atoms with Crippen LogP contribution in [0.15, 0.2) is 35.2 Å². The summed E-state index contributed by atoms with van der Waals surface area (Å²) in [4.78, 5) is 0.120. The fourth-order valence-corrected chi connectivity index (χ4v) is 4.03. The van der Waals surface area contributed by atoms with E-state index in [9.17, 15) is 8.42 Å². The molecular formula is C11H18O6SSi. The van der Waals surface area contributed by atoms with Gasteiger partial charge in [-0.2, -0.15) is 8.42 Å². The van der Waals surface area contributed by atoms with E-state index in [4.69, 9.17) is 17.5 Å². The van der Waals surface area contributed by atoms with Gasteiger partial charge in [0.1, 0.15) is 0 Å². The quantitative estimate of drug-likeness (QED) is 0.532. The second-order valence-corrected chi connectivity index (χ2v) is 8.34. The molecule has 0 aliphatic carbocycles. The molecular weight excluding hydrogens is 288 g/mol. The third-order valence-electron chi connectivity index (χ3n) is 2.61. The largest absolute Gasteiger partial charge is 0.502 e. The van der Waals surface area contributed by atoms with Crippen molar-refractivity contribution < 1.29 is 25.9 Å². The van der Waals surface area contributed by atoms with E-state index in [1.54, 1.807) is 18.2 Å². The standard InChI is InChI=1S/C11H18O6SSi/c1-14-19(15-2,16-3)10-9-17-18(12,13)11-7-5-4-6-8-11/h4-8H,9-10H2,1-3H3. The zero-order chi connectivity index (χ0) is 14.4. The highest BCUT2D eigenvalue weighted by Gasteiger charge is 2.38. The highest BCUT2D eigenvalue weighted by Crippen LogP contribution is 2.16. The predicted octanol–water partition coefficient (Wildman–Crippen LogP) is 1.27. The molecule has 0 heterocycles. The zero-order valence-electron chi connectivity index (χ0n) is 11.2. The summed E-state index contributed by atoms with van der Waals surface area (Å²) in [6, 6.07) is 8.20. The van der Waals surface area contributed by atoms with Gasteiger partial charge in [-0.05, 0) is 12.1 Å². The molecule has 1 rings (SSSR count). The molecule has 0 bridgehead atoms. The Balaban J connectivity index is 2.62. The van der Waals surface area contributed by atoms with Crippen molar-refractivity contribution in [1.29, 1.82) is 0 Å². The fourth-order valence-electron chi connectivity index (χ4n) is 1.49. The predicted molar refractivity (Wildman–Crippen MR) is 71.2 cm³/mol. The van der Waals surface area contributed by atoms with Crippen molar-refractivity contribution in [3.8, 4) is 0 Å². The summed E-state index contributed by atoms with van der Waals surface area (Å²) in [5.41, 5.74) is 0. The molecule has 1 aromatic rings. The van der Waals surface area contributed by atoms with E-state index < -0.39 is 18.9 Å². The van der Waals surface area contributed by atoms with E-state index in [1.807, 2.05) is 0 Å². The van der Waals surface area contributed by atoms with Gasteiger partial charge in [0, 0.05) is 27.4 Å². The molecule has 0 fully saturated rings. The van der Waals surface area contributed by atoms with Gasteiger partial charge in [-0.25, -0.2) is 0 Å². The Kier molecular flexibility index (Phi) is 6.11. The summed E-state index contributed by atoms with van der Waals surface area (Å²) in [5.74, 6) is 0. The molecule has 0 aliphatic heterocycles. The van der Waals surface area contributed by atoms with Crippen molar-refractivity contribution >= 4 is 18.9 Å². The van der Waals surface area contributed by atoms with Crippen LogP contribution in [0, 0.1) is 0 Å². The first-order valence-corrected chi connectivity index (χ1v) is 8.93. The molecule has 0 amide bonds. The molecule has 8 heteroatoms. The van der Waals surface area contributed by atoms with Gasteiger partial charge in [0.2, 0.25) is 0 Å². The molecule has 6 nitrogen and oxygen atoms in total. The van der Waals surface area contributed by atoms with Crippen molar-refractivity contribution in [3.63, 3.8) is 0 Å². The molecule has 0 N–H and O–H groups in total. The summed E-state index contributed by atoms with van der Waals surface area (Å²) in [6.45, 7) is -0.0566. The van der Waals surface area contributed by atoms with Gasteiger partial charge in [-0.1, -0.05) is 18.2 Å². The SMILES string of the molecule is CO[Si](CCOS(=O)(=O)c1ccccc1)(OC)OC. The third-order valence-corrected chi connectivity index (χ3v) is 6.62. The lowest BCUT2D eigenvalue weighted by Gasteiger charge is -2.23. The summed E-state index contributed by atoms with van der Waals surface area (Å²) in [5, 5.41) is 0. The van der Waals surface area contributed by atoms with Crippen molar-refractivity contribution in [2.75, 3.05) is 27.9 Å². The molecule has 0 unspecified atom stereocenters. The van der Waals surface area contributed by atoms with Crippen molar-refractivity contribution in [2.45, 2.75) is 10.9 Å². The van der Waals surface area contributed by atoms with Gasteiger partial charge in [0.15, 0.2) is 0 Å². The average molecular weight is 306 g/mol. The van der Waals surface area contributed by atoms with Crippen LogP contribution < -0.4 is 0 Å². The Bertz CT molecular complexity index is 463. The second kappa shape index (κ2) is 7.13. The summed E-state index contributed by atoms with van der Waals surface area (Å²) in [7, 11) is -2.17. The minimum atomic E-state index is -3.75. The number of hydrogen-bond acceptors (Lipinski definition) is 6. The second-order valence-electron chi connectivity index (χ2n) is 3.63. The number of hydrogen-bond donors (Lipinski definition) is 0. The van der Waals surface area contributed by atoms with Crippen molar-refractivity contribution in [3.05, 3.63) is 30.3 Å². The summed E-state index contributed by atoms with van der Waals surface area (Å²) in [6.07, 6.45) is 0. The maximum Gasteiger partial charge on any atom is 0.502 e. The topological polar surface area (TPSA) is 71.1 Å². The minimum Gasteiger partial charge on any atom is -0.377 e. The van der Waals surface area contributed by atoms with Crippen LogP contribution in [-0.2, 0) is 27.6 Å². The zero-order valence-corrected chi connectivity index (χ0v) is 13.0. The summed E-state index contributed by atoms with van der Waals surface area (Å²) < 4.78 is 44.2. The lowest BCUT2D eigenvalue weighted by Crippen LogP contribution is -2.43. The van der Waals surface area contributed by atoms with Gasteiger partial charge in [-0.3, -0.25) is 4.18 Å². The molecule has 0 saturated carbocycles. The van der Waals surface area contributed by atoms with E-state index in [0.29, 0.717) is 0 Å². The van der Waals surface area contributed by atoms with Gasteiger partial charge in [0.05, 0.1) is 11.5 Å². The normalized spacial score (nSPS) is 12.6. The first-order valence-electron chi connectivity index (χ1n) is 5.59. The third kappa shape index (κ3) is 4.37. The number of benzene rings is 1. The van der Waals surface area contributed by atoms with Gasteiger partial charge >= 0.3 is 8.80 Å². The first-order chi connectivity index (χ1) is 8.99. The minimum absolute atomic E-state index is 0.0566. The van der Waals surface area contributed by atoms with Gasteiger partial charge in [0.25, 0.3) is 10.1 Å². The molecule has 0 aliphatic rings. The Morgan fingerprint density at radius 2 is 1.53 bits per heavy atom. The summed E-state index contributed by atoms with van der Waals surface area (Å²) >= 11 is 0. The average Bonchev–Trinajstić information content (AvgIpc) is 2.45. The molecule has 19 heavy (non-hydrogen) atoms. The van der Waals surface area contributed by atoms with Crippen LogP contribution in [0.1, 0.15) is 0 Å². The fraction of sp³-hybridized carbons (Fsp3) is 0.455. The van der Waals surface area contributed by atoms with Crippen LogP contribution in [0.2, 0.25) is 6.04 Å². The van der Waals surface area contributed by atoms with Gasteiger partial charge < -0.3 is 13.3 Å². The molecule has 1 aromatic carbocycles. The van der Waals surface area contributed by atoms with E-state index >= 15 is 0 Å². The highest BCUT2D eigenvalue weighted by atomic mass is 32.2. The molecule has 0 radical (unpaired) electrons. The Morgan fingerprint density at radius 1 is 1.00 bits per heavy atom. The van der Waals surface area contributed by atoms with Crippen LogP contribution in [0.5, 0.6) is 0 Å². The molecule has 0 aromatic heterocycles. The van der Waals surface area contributed by atoms with Crippen LogP contribution in [0.3, 0.4) is 0 Å². The maximum absolute atomic E-state index is 11.9. The van der Waals surface area contributed by atoms with Gasteiger partial charge in [-0.15, -0.1) is 0 Å². The molecule has 0 saturated heterocycles. The molecule has 0 atom stereocenters. The number of rotatable bonds is 8. The molecule has 108 valence electrons. The monoisotopic (exact) mass is 306 g/mol. The lowest BCUT2D eigenvalue weighted by molar-refractivity contribution is 0.118. The Hall–Kier alpha value is -0.773.